The average molecular weight is 350 g/mol. The second-order valence-electron chi connectivity index (χ2n) is 3.76. The number of hydrogen-bond donors (Lipinski definition) is 1. The lowest BCUT2D eigenvalue weighted by atomic mass is 10.1. The number of aryl methyl sites for hydroxylation is 1. The highest BCUT2D eigenvalue weighted by molar-refractivity contribution is 9.10. The van der Waals surface area contributed by atoms with Gasteiger partial charge in [0.1, 0.15) is 6.10 Å². The van der Waals surface area contributed by atoms with Gasteiger partial charge in [-0.3, -0.25) is 4.68 Å². The summed E-state index contributed by atoms with van der Waals surface area (Å²) in [6.07, 6.45) is 0.694. The first-order chi connectivity index (χ1) is 8.54. The van der Waals surface area contributed by atoms with Gasteiger partial charge in [0.25, 0.3) is 0 Å². The standard InChI is InChI=1S/C12H11BrCl2N2O/c1-2-17-11(10(15)6-16-17)12(18)8-4-3-7(14)5-9(8)13/h3-6,12,18H,2H2,1H3. The summed E-state index contributed by atoms with van der Waals surface area (Å²) in [7, 11) is 0. The predicted octanol–water partition coefficient (Wildman–Crippen LogP) is 4.05. The molecule has 0 fully saturated rings. The number of aromatic nitrogens is 2. The maximum atomic E-state index is 10.4. The molecular weight excluding hydrogens is 339 g/mol. The van der Waals surface area contributed by atoms with Gasteiger partial charge < -0.3 is 5.11 Å². The highest BCUT2D eigenvalue weighted by atomic mass is 79.9. The van der Waals surface area contributed by atoms with E-state index in [9.17, 15) is 5.11 Å². The lowest BCUT2D eigenvalue weighted by Crippen LogP contribution is -2.10. The fraction of sp³-hybridized carbons (Fsp3) is 0.250. The van der Waals surface area contributed by atoms with Crippen LogP contribution in [0.2, 0.25) is 10.0 Å². The smallest absolute Gasteiger partial charge is 0.123 e. The molecule has 0 aliphatic carbocycles. The van der Waals surface area contributed by atoms with Gasteiger partial charge in [0.05, 0.1) is 16.9 Å². The van der Waals surface area contributed by atoms with Crippen molar-refractivity contribution >= 4 is 39.1 Å². The Kier molecular flexibility index (Phi) is 4.33. The lowest BCUT2D eigenvalue weighted by molar-refractivity contribution is 0.207. The summed E-state index contributed by atoms with van der Waals surface area (Å²) in [5.74, 6) is 0. The van der Waals surface area contributed by atoms with Gasteiger partial charge in [-0.2, -0.15) is 5.10 Å². The molecule has 0 saturated carbocycles. The molecule has 1 unspecified atom stereocenters. The predicted molar refractivity (Wildman–Crippen MR) is 76.1 cm³/mol. The van der Waals surface area contributed by atoms with Crippen LogP contribution in [0.15, 0.2) is 28.9 Å². The number of aliphatic hydroxyl groups excluding tert-OH is 1. The normalized spacial score (nSPS) is 12.7. The molecule has 0 spiro atoms. The van der Waals surface area contributed by atoms with Gasteiger partial charge in [0, 0.05) is 21.6 Å². The van der Waals surface area contributed by atoms with Crippen LogP contribution in [-0.2, 0) is 6.54 Å². The number of halogens is 3. The molecule has 0 bridgehead atoms. The Bertz CT molecular complexity index is 571. The van der Waals surface area contributed by atoms with E-state index in [1.807, 2.05) is 6.92 Å². The molecular formula is C12H11BrCl2N2O. The zero-order valence-corrected chi connectivity index (χ0v) is 12.7. The highest BCUT2D eigenvalue weighted by Gasteiger charge is 2.21. The Morgan fingerprint density at radius 3 is 2.78 bits per heavy atom. The monoisotopic (exact) mass is 348 g/mol. The summed E-state index contributed by atoms with van der Waals surface area (Å²) >= 11 is 15.3. The molecule has 18 heavy (non-hydrogen) atoms. The fourth-order valence-corrected chi connectivity index (χ4v) is 2.91. The van der Waals surface area contributed by atoms with Gasteiger partial charge in [0.2, 0.25) is 0 Å². The Balaban J connectivity index is 2.47. The van der Waals surface area contributed by atoms with Crippen molar-refractivity contribution in [2.75, 3.05) is 0 Å². The minimum absolute atomic E-state index is 0.450. The van der Waals surface area contributed by atoms with Gasteiger partial charge in [-0.1, -0.05) is 45.2 Å². The molecule has 0 saturated heterocycles. The van der Waals surface area contributed by atoms with Gasteiger partial charge in [-0.05, 0) is 19.1 Å². The number of rotatable bonds is 3. The van der Waals surface area contributed by atoms with Crippen molar-refractivity contribution < 1.29 is 5.11 Å². The fourth-order valence-electron chi connectivity index (χ4n) is 1.77. The Morgan fingerprint density at radius 2 is 2.17 bits per heavy atom. The van der Waals surface area contributed by atoms with E-state index < -0.39 is 6.10 Å². The van der Waals surface area contributed by atoms with Crippen LogP contribution < -0.4 is 0 Å². The first-order valence-corrected chi connectivity index (χ1v) is 6.93. The molecule has 1 aromatic heterocycles. The first-order valence-electron chi connectivity index (χ1n) is 5.38. The summed E-state index contributed by atoms with van der Waals surface area (Å²) in [5, 5.41) is 15.6. The van der Waals surface area contributed by atoms with Crippen molar-refractivity contribution in [1.82, 2.24) is 9.78 Å². The summed E-state index contributed by atoms with van der Waals surface area (Å²) in [6, 6.07) is 5.23. The van der Waals surface area contributed by atoms with Crippen molar-refractivity contribution in [2.24, 2.45) is 0 Å². The van der Waals surface area contributed by atoms with Crippen molar-refractivity contribution in [3.05, 3.63) is 50.2 Å². The minimum Gasteiger partial charge on any atom is -0.382 e. The summed E-state index contributed by atoms with van der Waals surface area (Å²) in [6.45, 7) is 2.58. The molecule has 1 N–H and O–H groups in total. The van der Waals surface area contributed by atoms with Crippen molar-refractivity contribution in [3.8, 4) is 0 Å². The number of hydrogen-bond acceptors (Lipinski definition) is 2. The topological polar surface area (TPSA) is 38.0 Å². The molecule has 1 aromatic carbocycles. The van der Waals surface area contributed by atoms with E-state index in [0.29, 0.717) is 27.8 Å². The third-order valence-electron chi connectivity index (χ3n) is 2.65. The van der Waals surface area contributed by atoms with Crippen LogP contribution in [0.3, 0.4) is 0 Å². The highest BCUT2D eigenvalue weighted by Crippen LogP contribution is 2.33. The van der Waals surface area contributed by atoms with E-state index in [2.05, 4.69) is 21.0 Å². The van der Waals surface area contributed by atoms with Crippen molar-refractivity contribution in [3.63, 3.8) is 0 Å². The van der Waals surface area contributed by atoms with Crippen LogP contribution in [0.5, 0.6) is 0 Å². The molecule has 0 aliphatic rings. The van der Waals surface area contributed by atoms with E-state index >= 15 is 0 Å². The summed E-state index contributed by atoms with van der Waals surface area (Å²) in [4.78, 5) is 0. The lowest BCUT2D eigenvalue weighted by Gasteiger charge is -2.15. The molecule has 0 aliphatic heterocycles. The third-order valence-corrected chi connectivity index (χ3v) is 3.86. The Morgan fingerprint density at radius 1 is 1.44 bits per heavy atom. The summed E-state index contributed by atoms with van der Waals surface area (Å²) < 4.78 is 2.41. The molecule has 0 radical (unpaired) electrons. The van der Waals surface area contributed by atoms with Crippen molar-refractivity contribution in [1.29, 1.82) is 0 Å². The number of benzene rings is 1. The van der Waals surface area contributed by atoms with E-state index in [1.165, 1.54) is 6.20 Å². The molecule has 2 aromatic rings. The molecule has 1 heterocycles. The van der Waals surface area contributed by atoms with Crippen molar-refractivity contribution in [2.45, 2.75) is 19.6 Å². The van der Waals surface area contributed by atoms with Gasteiger partial charge >= 0.3 is 0 Å². The van der Waals surface area contributed by atoms with Gasteiger partial charge in [-0.15, -0.1) is 0 Å². The van der Waals surface area contributed by atoms with E-state index in [-0.39, 0.29) is 0 Å². The quantitative estimate of drug-likeness (QED) is 0.907. The van der Waals surface area contributed by atoms with Crippen LogP contribution >= 0.6 is 39.1 Å². The van der Waals surface area contributed by atoms with Gasteiger partial charge in [0.15, 0.2) is 0 Å². The second-order valence-corrected chi connectivity index (χ2v) is 5.46. The minimum atomic E-state index is -0.841. The molecule has 2 rings (SSSR count). The molecule has 3 nitrogen and oxygen atoms in total. The molecule has 1 atom stereocenters. The molecule has 96 valence electrons. The molecule has 0 amide bonds. The Hall–Kier alpha value is -0.550. The maximum absolute atomic E-state index is 10.4. The maximum Gasteiger partial charge on any atom is 0.123 e. The van der Waals surface area contributed by atoms with Crippen LogP contribution in [0.25, 0.3) is 0 Å². The zero-order valence-electron chi connectivity index (χ0n) is 9.57. The van der Waals surface area contributed by atoms with E-state index in [0.717, 1.165) is 4.47 Å². The molecule has 6 heteroatoms. The first kappa shape index (κ1) is 13.9. The number of nitrogens with zero attached hydrogens (tertiary/aromatic N) is 2. The average Bonchev–Trinajstić information content (AvgIpc) is 2.69. The van der Waals surface area contributed by atoms with Crippen LogP contribution in [-0.4, -0.2) is 14.9 Å². The van der Waals surface area contributed by atoms with E-state index in [1.54, 1.807) is 22.9 Å². The number of aliphatic hydroxyl groups is 1. The summed E-state index contributed by atoms with van der Waals surface area (Å²) in [5.41, 5.74) is 1.29. The van der Waals surface area contributed by atoms with E-state index in [4.69, 9.17) is 23.2 Å². The third kappa shape index (κ3) is 2.57. The second kappa shape index (κ2) is 5.61. The Labute approximate surface area is 123 Å². The zero-order chi connectivity index (χ0) is 13.3. The van der Waals surface area contributed by atoms with Crippen LogP contribution in [0.4, 0.5) is 0 Å². The SMILES string of the molecule is CCn1ncc(Cl)c1C(O)c1ccc(Cl)cc1Br. The van der Waals surface area contributed by atoms with Crippen LogP contribution in [0, 0.1) is 0 Å². The largest absolute Gasteiger partial charge is 0.382 e. The van der Waals surface area contributed by atoms with Gasteiger partial charge in [-0.25, -0.2) is 0 Å². The van der Waals surface area contributed by atoms with Crippen LogP contribution in [0.1, 0.15) is 24.3 Å².